The summed E-state index contributed by atoms with van der Waals surface area (Å²) in [5.74, 6) is 0. The van der Waals surface area contributed by atoms with E-state index in [4.69, 9.17) is 11.6 Å². The zero-order valence-electron chi connectivity index (χ0n) is 10.4. The van der Waals surface area contributed by atoms with Crippen LogP contribution in [-0.4, -0.2) is 12.3 Å². The van der Waals surface area contributed by atoms with Gasteiger partial charge in [0, 0.05) is 18.3 Å². The van der Waals surface area contributed by atoms with Crippen LogP contribution in [0.25, 0.3) is 0 Å². The molecule has 0 N–H and O–H groups in total. The molecule has 3 rings (SSSR count). The molecule has 1 aromatic carbocycles. The minimum absolute atomic E-state index is 0.531. The molecule has 0 saturated heterocycles. The molecule has 0 atom stereocenters. The highest BCUT2D eigenvalue weighted by atomic mass is 35.5. The Morgan fingerprint density at radius 2 is 2.21 bits per heavy atom. The molecule has 19 heavy (non-hydrogen) atoms. The third kappa shape index (κ3) is 2.67. The standard InChI is InChI=1S/C15H14ClNOS/c16-14-2-1-3-15(13(14)9-18)17(12-4-5-12)8-11-6-7-19-10-11/h1-3,6-7,9-10,12H,4-5,8H2. The average Bonchev–Trinajstić information content (AvgIpc) is 3.13. The van der Waals surface area contributed by atoms with E-state index in [9.17, 15) is 4.79 Å². The Hall–Kier alpha value is -1.32. The molecule has 0 spiro atoms. The Morgan fingerprint density at radius 3 is 2.84 bits per heavy atom. The molecule has 0 amide bonds. The number of halogens is 1. The van der Waals surface area contributed by atoms with Crippen molar-refractivity contribution >= 4 is 34.9 Å². The van der Waals surface area contributed by atoms with Crippen LogP contribution in [0.5, 0.6) is 0 Å². The fraction of sp³-hybridized carbons (Fsp3) is 0.267. The number of carbonyl (C=O) groups excluding carboxylic acids is 1. The second-order valence-electron chi connectivity index (χ2n) is 4.78. The number of hydrogen-bond donors (Lipinski definition) is 0. The Bertz CT molecular complexity index is 578. The largest absolute Gasteiger partial charge is 0.364 e. The molecule has 2 aromatic rings. The van der Waals surface area contributed by atoms with Gasteiger partial charge in [-0.1, -0.05) is 17.7 Å². The normalized spacial score (nSPS) is 14.4. The second kappa shape index (κ2) is 5.35. The van der Waals surface area contributed by atoms with Crippen LogP contribution in [0.2, 0.25) is 5.02 Å². The summed E-state index contributed by atoms with van der Waals surface area (Å²) >= 11 is 7.82. The first-order valence-electron chi connectivity index (χ1n) is 6.31. The lowest BCUT2D eigenvalue weighted by molar-refractivity contribution is 0.112. The molecule has 1 aromatic heterocycles. The van der Waals surface area contributed by atoms with Crippen LogP contribution in [0.4, 0.5) is 5.69 Å². The van der Waals surface area contributed by atoms with Gasteiger partial charge in [0.15, 0.2) is 6.29 Å². The molecule has 0 unspecified atom stereocenters. The summed E-state index contributed by atoms with van der Waals surface area (Å²) in [5, 5.41) is 4.77. The van der Waals surface area contributed by atoms with Gasteiger partial charge >= 0.3 is 0 Å². The number of aldehydes is 1. The van der Waals surface area contributed by atoms with Crippen molar-refractivity contribution in [2.24, 2.45) is 0 Å². The fourth-order valence-corrected chi connectivity index (χ4v) is 3.14. The van der Waals surface area contributed by atoms with Gasteiger partial charge in [0.05, 0.1) is 10.6 Å². The van der Waals surface area contributed by atoms with E-state index in [1.807, 2.05) is 12.1 Å². The summed E-state index contributed by atoms with van der Waals surface area (Å²) in [6.45, 7) is 0.843. The van der Waals surface area contributed by atoms with Crippen LogP contribution >= 0.6 is 22.9 Å². The number of carbonyl (C=O) groups is 1. The lowest BCUT2D eigenvalue weighted by Crippen LogP contribution is -2.26. The lowest BCUT2D eigenvalue weighted by atomic mass is 10.1. The van der Waals surface area contributed by atoms with Gasteiger partial charge in [0.25, 0.3) is 0 Å². The third-order valence-corrected chi connectivity index (χ3v) is 4.44. The lowest BCUT2D eigenvalue weighted by Gasteiger charge is -2.26. The van der Waals surface area contributed by atoms with Gasteiger partial charge in [0.2, 0.25) is 0 Å². The molecule has 0 bridgehead atoms. The van der Waals surface area contributed by atoms with E-state index in [0.717, 1.165) is 18.5 Å². The van der Waals surface area contributed by atoms with Gasteiger partial charge in [-0.2, -0.15) is 11.3 Å². The summed E-state index contributed by atoms with van der Waals surface area (Å²) in [4.78, 5) is 13.6. The van der Waals surface area contributed by atoms with Crippen molar-refractivity contribution < 1.29 is 4.79 Å². The topological polar surface area (TPSA) is 20.3 Å². The zero-order chi connectivity index (χ0) is 13.2. The molecule has 1 fully saturated rings. The number of rotatable bonds is 5. The number of hydrogen-bond acceptors (Lipinski definition) is 3. The quantitative estimate of drug-likeness (QED) is 0.762. The van der Waals surface area contributed by atoms with Crippen LogP contribution in [0, 0.1) is 0 Å². The Labute approximate surface area is 121 Å². The predicted molar refractivity (Wildman–Crippen MR) is 80.4 cm³/mol. The van der Waals surface area contributed by atoms with Gasteiger partial charge in [0.1, 0.15) is 0 Å². The fourth-order valence-electron chi connectivity index (χ4n) is 2.27. The second-order valence-corrected chi connectivity index (χ2v) is 5.97. The van der Waals surface area contributed by atoms with E-state index in [2.05, 4.69) is 21.7 Å². The van der Waals surface area contributed by atoms with Crippen molar-refractivity contribution in [3.63, 3.8) is 0 Å². The molecule has 4 heteroatoms. The first kappa shape index (κ1) is 12.7. The molecule has 2 nitrogen and oxygen atoms in total. The van der Waals surface area contributed by atoms with Crippen LogP contribution in [0.3, 0.4) is 0 Å². The molecule has 0 radical (unpaired) electrons. The van der Waals surface area contributed by atoms with Gasteiger partial charge in [-0.25, -0.2) is 0 Å². The zero-order valence-corrected chi connectivity index (χ0v) is 12.0. The van der Waals surface area contributed by atoms with Crippen molar-refractivity contribution in [2.45, 2.75) is 25.4 Å². The number of anilines is 1. The smallest absolute Gasteiger partial charge is 0.153 e. The first-order valence-corrected chi connectivity index (χ1v) is 7.63. The number of thiophene rings is 1. The third-order valence-electron chi connectivity index (χ3n) is 3.38. The maximum atomic E-state index is 11.3. The van der Waals surface area contributed by atoms with Gasteiger partial charge in [-0.3, -0.25) is 4.79 Å². The van der Waals surface area contributed by atoms with E-state index in [-0.39, 0.29) is 0 Å². The summed E-state index contributed by atoms with van der Waals surface area (Å²) in [6.07, 6.45) is 3.24. The summed E-state index contributed by atoms with van der Waals surface area (Å²) in [5.41, 5.74) is 2.84. The molecule has 1 saturated carbocycles. The summed E-state index contributed by atoms with van der Waals surface area (Å²) in [6, 6.07) is 8.33. The predicted octanol–water partition coefficient (Wildman–Crippen LogP) is 4.38. The van der Waals surface area contributed by atoms with E-state index in [1.54, 1.807) is 17.4 Å². The van der Waals surface area contributed by atoms with Gasteiger partial charge in [-0.15, -0.1) is 0 Å². The van der Waals surface area contributed by atoms with E-state index in [0.29, 0.717) is 16.6 Å². The minimum atomic E-state index is 0.531. The monoisotopic (exact) mass is 291 g/mol. The van der Waals surface area contributed by atoms with E-state index in [1.165, 1.54) is 18.4 Å². The van der Waals surface area contributed by atoms with Crippen molar-refractivity contribution in [3.8, 4) is 0 Å². The van der Waals surface area contributed by atoms with Crippen molar-refractivity contribution in [1.29, 1.82) is 0 Å². The maximum Gasteiger partial charge on any atom is 0.153 e. The molecule has 0 aliphatic heterocycles. The molecule has 1 aliphatic carbocycles. The molecule has 98 valence electrons. The van der Waals surface area contributed by atoms with Crippen LogP contribution in [0.15, 0.2) is 35.0 Å². The van der Waals surface area contributed by atoms with Gasteiger partial charge in [-0.05, 0) is 47.4 Å². The van der Waals surface area contributed by atoms with Crippen molar-refractivity contribution in [1.82, 2.24) is 0 Å². The Morgan fingerprint density at radius 1 is 1.37 bits per heavy atom. The summed E-state index contributed by atoms with van der Waals surface area (Å²) < 4.78 is 0. The number of benzene rings is 1. The van der Waals surface area contributed by atoms with Gasteiger partial charge < -0.3 is 4.90 Å². The molecular formula is C15H14ClNOS. The molecule has 1 aliphatic rings. The first-order chi connectivity index (χ1) is 9.29. The number of nitrogens with zero attached hydrogens (tertiary/aromatic N) is 1. The maximum absolute atomic E-state index is 11.3. The highest BCUT2D eigenvalue weighted by Crippen LogP contribution is 2.36. The van der Waals surface area contributed by atoms with Crippen molar-refractivity contribution in [2.75, 3.05) is 4.90 Å². The SMILES string of the molecule is O=Cc1c(Cl)cccc1N(Cc1ccsc1)C1CC1. The highest BCUT2D eigenvalue weighted by molar-refractivity contribution is 7.07. The van der Waals surface area contributed by atoms with Crippen molar-refractivity contribution in [3.05, 3.63) is 51.2 Å². The Balaban J connectivity index is 1.96. The van der Waals surface area contributed by atoms with Crippen LogP contribution in [-0.2, 0) is 6.54 Å². The van der Waals surface area contributed by atoms with E-state index < -0.39 is 0 Å². The molecule has 1 heterocycles. The van der Waals surface area contributed by atoms with E-state index >= 15 is 0 Å². The van der Waals surface area contributed by atoms with Crippen LogP contribution < -0.4 is 4.90 Å². The summed E-state index contributed by atoms with van der Waals surface area (Å²) in [7, 11) is 0. The Kier molecular flexibility index (Phi) is 3.58. The average molecular weight is 292 g/mol. The molecular weight excluding hydrogens is 278 g/mol. The minimum Gasteiger partial charge on any atom is -0.364 e. The highest BCUT2D eigenvalue weighted by Gasteiger charge is 2.30. The van der Waals surface area contributed by atoms with Crippen LogP contribution in [0.1, 0.15) is 28.8 Å².